The Balaban J connectivity index is 1.77. The summed E-state index contributed by atoms with van der Waals surface area (Å²) in [5, 5.41) is 9.69. The molecule has 2 heterocycles. The Hall–Kier alpha value is -3.48. The summed E-state index contributed by atoms with van der Waals surface area (Å²) in [5.74, 6) is -0.772. The predicted octanol–water partition coefficient (Wildman–Crippen LogP) is 7.90. The lowest BCUT2D eigenvalue weighted by atomic mass is 9.80. The van der Waals surface area contributed by atoms with Gasteiger partial charge in [-0.2, -0.15) is 4.58 Å². The van der Waals surface area contributed by atoms with E-state index in [2.05, 4.69) is 154 Å². The molecule has 0 aliphatic carbocycles. The maximum atomic E-state index is 11.8. The lowest BCUT2D eigenvalue weighted by Gasteiger charge is -2.29. The van der Waals surface area contributed by atoms with Crippen molar-refractivity contribution in [2.45, 2.75) is 78.1 Å². The standard InChI is InChI=1S/C42H62N4O2/c1-31-15-20-36-34(29-31)41(3,4)38(43(36)25-13-27-45(7,8)9)22-17-33(19-24-40(47)48)18-23-39-42(5,6)35-30-32(2)16-21-37(35)44(39)26-14-28-46(10,11)12/h15-18,20-23,29-30H,13-14,19,24-28H2,1-12H3/q+2/p+1. The molecule has 0 saturated heterocycles. The second kappa shape index (κ2) is 14.2. The fourth-order valence-electron chi connectivity index (χ4n) is 7.31. The Morgan fingerprint density at radius 2 is 1.44 bits per heavy atom. The molecule has 260 valence electrons. The van der Waals surface area contributed by atoms with Crippen LogP contribution < -0.4 is 4.90 Å². The summed E-state index contributed by atoms with van der Waals surface area (Å²) in [6.45, 7) is 17.7. The molecule has 0 saturated carbocycles. The van der Waals surface area contributed by atoms with Gasteiger partial charge in [-0.05, 0) is 63.5 Å². The summed E-state index contributed by atoms with van der Waals surface area (Å²) < 4.78 is 4.38. The fourth-order valence-corrected chi connectivity index (χ4v) is 7.31. The molecule has 0 amide bonds. The molecule has 0 bridgehead atoms. The minimum absolute atomic E-state index is 0.0980. The zero-order valence-corrected chi connectivity index (χ0v) is 32.1. The number of carboxylic acids is 1. The molecule has 4 rings (SSSR count). The quantitative estimate of drug-likeness (QED) is 0.128. The second-order valence-electron chi connectivity index (χ2n) is 17.2. The van der Waals surface area contributed by atoms with Crippen LogP contribution in [0.4, 0.5) is 11.4 Å². The highest BCUT2D eigenvalue weighted by atomic mass is 16.4. The van der Waals surface area contributed by atoms with E-state index in [1.54, 1.807) is 0 Å². The molecule has 2 aromatic rings. The van der Waals surface area contributed by atoms with E-state index in [1.807, 2.05) is 0 Å². The molecule has 1 N–H and O–H groups in total. The summed E-state index contributed by atoms with van der Waals surface area (Å²) >= 11 is 0. The Bertz CT molecular complexity index is 1640. The third kappa shape index (κ3) is 8.75. The number of benzene rings is 2. The summed E-state index contributed by atoms with van der Waals surface area (Å²) in [6.07, 6.45) is 11.6. The van der Waals surface area contributed by atoms with Crippen molar-refractivity contribution in [3.8, 4) is 0 Å². The lowest BCUT2D eigenvalue weighted by molar-refractivity contribution is -0.871. The molecule has 0 aromatic heterocycles. The molecule has 2 aliphatic rings. The molecular weight excluding hydrogens is 592 g/mol. The smallest absolute Gasteiger partial charge is 0.303 e. The van der Waals surface area contributed by atoms with Crippen molar-refractivity contribution in [3.05, 3.63) is 94.2 Å². The van der Waals surface area contributed by atoms with Crippen LogP contribution in [0.3, 0.4) is 0 Å². The number of quaternary nitrogens is 2. The molecule has 6 heteroatoms. The topological polar surface area (TPSA) is 43.6 Å². The van der Waals surface area contributed by atoms with Gasteiger partial charge in [-0.1, -0.05) is 55.3 Å². The van der Waals surface area contributed by atoms with Crippen LogP contribution in [0, 0.1) is 13.8 Å². The van der Waals surface area contributed by atoms with E-state index in [0.717, 1.165) is 53.6 Å². The zero-order chi connectivity index (χ0) is 35.7. The lowest BCUT2D eigenvalue weighted by Crippen LogP contribution is -2.37. The monoisotopic (exact) mass is 655 g/mol. The SMILES string of the molecule is Cc1ccc2c(c1)C(C)(C)C(/C=C/C(=C/C=C1\N(CCC[N+](C)(C)C)c3ccc(C)cc3C1(C)C)CCC(=O)O)=[N+]2CCC[N+](C)(C)C. The Kier molecular flexibility index (Phi) is 11.0. The van der Waals surface area contributed by atoms with Gasteiger partial charge in [0.25, 0.3) is 0 Å². The predicted molar refractivity (Wildman–Crippen MR) is 203 cm³/mol. The van der Waals surface area contributed by atoms with Crippen molar-refractivity contribution in [2.24, 2.45) is 0 Å². The first kappa shape index (κ1) is 37.3. The molecule has 0 fully saturated rings. The van der Waals surface area contributed by atoms with Crippen molar-refractivity contribution in [1.29, 1.82) is 0 Å². The van der Waals surface area contributed by atoms with Crippen LogP contribution in [-0.4, -0.2) is 98.8 Å². The number of carbonyl (C=O) groups is 1. The number of aryl methyl sites for hydroxylation is 2. The number of fused-ring (bicyclic) bond motifs is 2. The fraction of sp³-hybridized carbons (Fsp3) is 0.524. The van der Waals surface area contributed by atoms with Gasteiger partial charge in [0.05, 0.1) is 67.2 Å². The van der Waals surface area contributed by atoms with Crippen LogP contribution in [0.1, 0.15) is 75.6 Å². The van der Waals surface area contributed by atoms with Gasteiger partial charge in [0.15, 0.2) is 12.3 Å². The van der Waals surface area contributed by atoms with Crippen LogP contribution in [0.25, 0.3) is 0 Å². The number of aliphatic carboxylic acids is 1. The average molecular weight is 656 g/mol. The minimum atomic E-state index is -0.772. The van der Waals surface area contributed by atoms with E-state index in [9.17, 15) is 9.90 Å². The van der Waals surface area contributed by atoms with Gasteiger partial charge in [-0.25, -0.2) is 0 Å². The van der Waals surface area contributed by atoms with E-state index in [0.29, 0.717) is 6.42 Å². The van der Waals surface area contributed by atoms with E-state index in [4.69, 9.17) is 0 Å². The minimum Gasteiger partial charge on any atom is -0.481 e. The largest absolute Gasteiger partial charge is 0.481 e. The maximum absolute atomic E-state index is 11.8. The summed E-state index contributed by atoms with van der Waals surface area (Å²) in [7, 11) is 13.5. The van der Waals surface area contributed by atoms with Gasteiger partial charge in [0.2, 0.25) is 5.69 Å². The zero-order valence-electron chi connectivity index (χ0n) is 32.1. The Morgan fingerprint density at radius 1 is 0.833 bits per heavy atom. The summed E-state index contributed by atoms with van der Waals surface area (Å²) in [4.78, 5) is 14.3. The number of carboxylic acid groups (broad SMARTS) is 1. The van der Waals surface area contributed by atoms with Crippen LogP contribution in [0.5, 0.6) is 0 Å². The first-order valence-corrected chi connectivity index (χ1v) is 17.8. The normalized spacial score (nSPS) is 18.3. The van der Waals surface area contributed by atoms with Gasteiger partial charge >= 0.3 is 5.97 Å². The van der Waals surface area contributed by atoms with Gasteiger partial charge in [0, 0.05) is 53.9 Å². The second-order valence-corrected chi connectivity index (χ2v) is 17.2. The van der Waals surface area contributed by atoms with E-state index < -0.39 is 5.97 Å². The van der Waals surface area contributed by atoms with Crippen molar-refractivity contribution in [3.63, 3.8) is 0 Å². The highest BCUT2D eigenvalue weighted by Crippen LogP contribution is 2.48. The van der Waals surface area contributed by atoms with Gasteiger partial charge in [-0.15, -0.1) is 0 Å². The highest BCUT2D eigenvalue weighted by Gasteiger charge is 2.44. The number of allylic oxidation sites excluding steroid dienone is 6. The molecule has 48 heavy (non-hydrogen) atoms. The van der Waals surface area contributed by atoms with E-state index >= 15 is 0 Å². The highest BCUT2D eigenvalue weighted by molar-refractivity contribution is 6.03. The molecule has 6 nitrogen and oxygen atoms in total. The van der Waals surface area contributed by atoms with Gasteiger partial charge in [-0.3, -0.25) is 4.79 Å². The molecule has 0 atom stereocenters. The van der Waals surface area contributed by atoms with Crippen molar-refractivity contribution >= 4 is 23.1 Å². The summed E-state index contributed by atoms with van der Waals surface area (Å²) in [6, 6.07) is 13.7. The van der Waals surface area contributed by atoms with Crippen molar-refractivity contribution < 1.29 is 23.4 Å². The van der Waals surface area contributed by atoms with Crippen LogP contribution in [-0.2, 0) is 15.6 Å². The third-order valence-electron chi connectivity index (χ3n) is 10.1. The van der Waals surface area contributed by atoms with E-state index in [1.165, 1.54) is 45.0 Å². The molecule has 2 aliphatic heterocycles. The maximum Gasteiger partial charge on any atom is 0.303 e. The Morgan fingerprint density at radius 3 is 2.06 bits per heavy atom. The van der Waals surface area contributed by atoms with Gasteiger partial charge in [0.1, 0.15) is 0 Å². The number of anilines is 1. The number of nitrogens with zero attached hydrogens (tertiary/aromatic N) is 4. The Labute approximate surface area is 291 Å². The van der Waals surface area contributed by atoms with Gasteiger partial charge < -0.3 is 19.0 Å². The number of rotatable bonds is 14. The molecule has 0 unspecified atom stereocenters. The number of hydrogen-bond acceptors (Lipinski definition) is 2. The average Bonchev–Trinajstić information content (AvgIpc) is 3.29. The van der Waals surface area contributed by atoms with Crippen LogP contribution in [0.2, 0.25) is 0 Å². The molecular formula is C42H63N4O2+3. The van der Waals surface area contributed by atoms with E-state index in [-0.39, 0.29) is 17.3 Å². The molecule has 0 spiro atoms. The molecule has 2 aromatic carbocycles. The first-order chi connectivity index (χ1) is 22.2. The van der Waals surface area contributed by atoms with Crippen LogP contribution >= 0.6 is 0 Å². The first-order valence-electron chi connectivity index (χ1n) is 17.8. The third-order valence-corrected chi connectivity index (χ3v) is 10.1. The number of hydrogen-bond donors (Lipinski definition) is 1. The summed E-state index contributed by atoms with van der Waals surface area (Å²) in [5.41, 5.74) is 11.1. The van der Waals surface area contributed by atoms with Crippen molar-refractivity contribution in [2.75, 3.05) is 73.4 Å². The molecule has 0 radical (unpaired) electrons. The van der Waals surface area contributed by atoms with Crippen LogP contribution in [0.15, 0.2) is 72.0 Å². The van der Waals surface area contributed by atoms with Crippen molar-refractivity contribution in [1.82, 2.24) is 0 Å².